The molecule has 6 heteroatoms. The molecular formula is C14H21N3O3. The monoisotopic (exact) mass is 279 g/mol. The molecule has 1 aromatic heterocycles. The Kier molecular flexibility index (Phi) is 4.42. The lowest BCUT2D eigenvalue weighted by atomic mass is 10.1. The highest BCUT2D eigenvalue weighted by Crippen LogP contribution is 2.20. The van der Waals surface area contributed by atoms with Gasteiger partial charge in [-0.25, -0.2) is 14.8 Å². The molecule has 1 amide bonds. The van der Waals surface area contributed by atoms with Crippen LogP contribution < -0.4 is 4.74 Å². The number of ether oxygens (including phenoxy) is 2. The molecule has 0 spiro atoms. The van der Waals surface area contributed by atoms with Gasteiger partial charge < -0.3 is 14.4 Å². The molecule has 1 aromatic rings. The largest absolute Gasteiger partial charge is 0.477 e. The Labute approximate surface area is 119 Å². The molecule has 1 fully saturated rings. The fourth-order valence-corrected chi connectivity index (χ4v) is 2.03. The molecular weight excluding hydrogens is 258 g/mol. The molecule has 0 radical (unpaired) electrons. The minimum absolute atomic E-state index is 0.248. The van der Waals surface area contributed by atoms with Gasteiger partial charge in [0.2, 0.25) is 5.88 Å². The first-order valence-corrected chi connectivity index (χ1v) is 6.81. The van der Waals surface area contributed by atoms with Gasteiger partial charge in [-0.3, -0.25) is 0 Å². The Morgan fingerprint density at radius 3 is 2.95 bits per heavy atom. The Hall–Kier alpha value is -1.85. The molecule has 2 heterocycles. The van der Waals surface area contributed by atoms with Crippen molar-refractivity contribution in [1.82, 2.24) is 14.9 Å². The van der Waals surface area contributed by atoms with E-state index in [0.29, 0.717) is 31.5 Å². The third-order valence-electron chi connectivity index (χ3n) is 2.96. The summed E-state index contributed by atoms with van der Waals surface area (Å²) in [6, 6.07) is 1.72. The summed E-state index contributed by atoms with van der Waals surface area (Å²) >= 11 is 0. The summed E-state index contributed by atoms with van der Waals surface area (Å²) in [5, 5.41) is 0. The van der Waals surface area contributed by atoms with Crippen LogP contribution >= 0.6 is 0 Å². The summed E-state index contributed by atoms with van der Waals surface area (Å²) in [6.07, 6.45) is 3.77. The highest BCUT2D eigenvalue weighted by Gasteiger charge is 2.30. The average Bonchev–Trinajstić information content (AvgIpc) is 2.84. The summed E-state index contributed by atoms with van der Waals surface area (Å²) in [5.74, 6) is 0.883. The van der Waals surface area contributed by atoms with Crippen molar-refractivity contribution in [3.05, 3.63) is 18.6 Å². The highest BCUT2D eigenvalue weighted by molar-refractivity contribution is 5.68. The molecule has 20 heavy (non-hydrogen) atoms. The van der Waals surface area contributed by atoms with Crippen LogP contribution in [-0.4, -0.2) is 46.3 Å². The smallest absolute Gasteiger partial charge is 0.410 e. The van der Waals surface area contributed by atoms with Crippen molar-refractivity contribution in [1.29, 1.82) is 0 Å². The zero-order valence-electron chi connectivity index (χ0n) is 12.2. The molecule has 0 bridgehead atoms. The van der Waals surface area contributed by atoms with E-state index in [0.717, 1.165) is 6.42 Å². The number of carbonyl (C=O) groups is 1. The molecule has 2 rings (SSSR count). The SMILES string of the molecule is CC(C)(C)OC(=O)N1CC[C@@H](COc2ccncn2)C1. The highest BCUT2D eigenvalue weighted by atomic mass is 16.6. The van der Waals surface area contributed by atoms with Crippen molar-refractivity contribution >= 4 is 6.09 Å². The van der Waals surface area contributed by atoms with E-state index in [2.05, 4.69) is 9.97 Å². The van der Waals surface area contributed by atoms with E-state index in [1.807, 2.05) is 20.8 Å². The number of aromatic nitrogens is 2. The molecule has 0 unspecified atom stereocenters. The Bertz CT molecular complexity index is 445. The lowest BCUT2D eigenvalue weighted by Crippen LogP contribution is -2.35. The summed E-state index contributed by atoms with van der Waals surface area (Å²) in [5.41, 5.74) is -0.452. The van der Waals surface area contributed by atoms with Crippen LogP contribution in [0.15, 0.2) is 18.6 Å². The average molecular weight is 279 g/mol. The molecule has 6 nitrogen and oxygen atoms in total. The zero-order chi connectivity index (χ0) is 14.6. The van der Waals surface area contributed by atoms with Crippen LogP contribution in [0, 0.1) is 5.92 Å². The summed E-state index contributed by atoms with van der Waals surface area (Å²) in [7, 11) is 0. The second-order valence-corrected chi connectivity index (χ2v) is 5.94. The first-order valence-electron chi connectivity index (χ1n) is 6.81. The third kappa shape index (κ3) is 4.36. The standard InChI is InChI=1S/C14H21N3O3/c1-14(2,3)20-13(18)17-7-5-11(8-17)9-19-12-4-6-15-10-16-12/h4,6,10-11H,5,7-9H2,1-3H3/t11-/m1/s1. The molecule has 0 N–H and O–H groups in total. The van der Waals surface area contributed by atoms with E-state index in [1.54, 1.807) is 17.2 Å². The van der Waals surface area contributed by atoms with Crippen LogP contribution in [0.1, 0.15) is 27.2 Å². The Balaban J connectivity index is 1.76. The van der Waals surface area contributed by atoms with Gasteiger partial charge in [0.25, 0.3) is 0 Å². The van der Waals surface area contributed by atoms with Crippen molar-refractivity contribution in [3.63, 3.8) is 0 Å². The summed E-state index contributed by atoms with van der Waals surface area (Å²) in [4.78, 5) is 21.5. The van der Waals surface area contributed by atoms with Crippen LogP contribution in [0.25, 0.3) is 0 Å². The van der Waals surface area contributed by atoms with Gasteiger partial charge in [0, 0.05) is 31.3 Å². The van der Waals surface area contributed by atoms with Crippen LogP contribution in [-0.2, 0) is 4.74 Å². The van der Waals surface area contributed by atoms with Crippen molar-refractivity contribution in [2.75, 3.05) is 19.7 Å². The van der Waals surface area contributed by atoms with E-state index in [4.69, 9.17) is 9.47 Å². The van der Waals surface area contributed by atoms with E-state index >= 15 is 0 Å². The van der Waals surface area contributed by atoms with Crippen LogP contribution in [0.3, 0.4) is 0 Å². The maximum absolute atomic E-state index is 11.9. The molecule has 1 saturated heterocycles. The molecule has 0 saturated carbocycles. The predicted octanol–water partition coefficient (Wildman–Crippen LogP) is 2.11. The summed E-state index contributed by atoms with van der Waals surface area (Å²) in [6.45, 7) is 7.55. The number of rotatable bonds is 3. The lowest BCUT2D eigenvalue weighted by Gasteiger charge is -2.24. The quantitative estimate of drug-likeness (QED) is 0.848. The number of nitrogens with zero attached hydrogens (tertiary/aromatic N) is 3. The van der Waals surface area contributed by atoms with E-state index in [9.17, 15) is 4.79 Å². The topological polar surface area (TPSA) is 64.5 Å². The summed E-state index contributed by atoms with van der Waals surface area (Å²) < 4.78 is 10.9. The van der Waals surface area contributed by atoms with Gasteiger partial charge in [0.05, 0.1) is 6.61 Å². The van der Waals surface area contributed by atoms with Crippen molar-refractivity contribution in [2.24, 2.45) is 5.92 Å². The lowest BCUT2D eigenvalue weighted by molar-refractivity contribution is 0.0284. The number of amides is 1. The van der Waals surface area contributed by atoms with Crippen molar-refractivity contribution < 1.29 is 14.3 Å². The minimum Gasteiger partial charge on any atom is -0.477 e. The molecule has 0 aliphatic carbocycles. The molecule has 0 aromatic carbocycles. The van der Waals surface area contributed by atoms with E-state index in [1.165, 1.54) is 6.33 Å². The number of hydrogen-bond acceptors (Lipinski definition) is 5. The van der Waals surface area contributed by atoms with Gasteiger partial charge in [-0.1, -0.05) is 0 Å². The maximum Gasteiger partial charge on any atom is 0.410 e. The molecule has 1 aliphatic heterocycles. The fraction of sp³-hybridized carbons (Fsp3) is 0.643. The normalized spacial score (nSPS) is 18.9. The van der Waals surface area contributed by atoms with Crippen LogP contribution in [0.2, 0.25) is 0 Å². The number of likely N-dealkylation sites (tertiary alicyclic amines) is 1. The molecule has 1 aliphatic rings. The van der Waals surface area contributed by atoms with Gasteiger partial charge in [0.15, 0.2) is 0 Å². The Morgan fingerprint density at radius 2 is 2.30 bits per heavy atom. The number of carbonyl (C=O) groups excluding carboxylic acids is 1. The maximum atomic E-state index is 11.9. The van der Waals surface area contributed by atoms with Gasteiger partial charge in [-0.2, -0.15) is 0 Å². The fourth-order valence-electron chi connectivity index (χ4n) is 2.03. The van der Waals surface area contributed by atoms with Crippen LogP contribution in [0.4, 0.5) is 4.79 Å². The van der Waals surface area contributed by atoms with Gasteiger partial charge >= 0.3 is 6.09 Å². The second kappa shape index (κ2) is 6.07. The molecule has 110 valence electrons. The number of hydrogen-bond donors (Lipinski definition) is 0. The first-order chi connectivity index (χ1) is 9.44. The van der Waals surface area contributed by atoms with Gasteiger partial charge in [0.1, 0.15) is 11.9 Å². The predicted molar refractivity (Wildman–Crippen MR) is 73.4 cm³/mol. The first kappa shape index (κ1) is 14.6. The minimum atomic E-state index is -0.452. The molecule has 1 atom stereocenters. The van der Waals surface area contributed by atoms with E-state index < -0.39 is 5.60 Å². The second-order valence-electron chi connectivity index (χ2n) is 5.94. The van der Waals surface area contributed by atoms with Crippen molar-refractivity contribution in [2.45, 2.75) is 32.8 Å². The van der Waals surface area contributed by atoms with Gasteiger partial charge in [-0.05, 0) is 27.2 Å². The zero-order valence-corrected chi connectivity index (χ0v) is 12.2. The third-order valence-corrected chi connectivity index (χ3v) is 2.96. The van der Waals surface area contributed by atoms with Gasteiger partial charge in [-0.15, -0.1) is 0 Å². The van der Waals surface area contributed by atoms with Crippen molar-refractivity contribution in [3.8, 4) is 5.88 Å². The van der Waals surface area contributed by atoms with Crippen LogP contribution in [0.5, 0.6) is 5.88 Å². The van der Waals surface area contributed by atoms with E-state index in [-0.39, 0.29) is 6.09 Å². The Morgan fingerprint density at radius 1 is 1.50 bits per heavy atom.